The molecule has 17 heavy (non-hydrogen) atoms. The van der Waals surface area contributed by atoms with Crippen molar-refractivity contribution in [2.24, 2.45) is 11.8 Å². The van der Waals surface area contributed by atoms with Crippen LogP contribution in [0, 0.1) is 17.7 Å². The second-order valence-corrected chi connectivity index (χ2v) is 5.47. The van der Waals surface area contributed by atoms with Gasteiger partial charge in [-0.15, -0.1) is 0 Å². The third kappa shape index (κ3) is 2.80. The largest absolute Gasteiger partial charge is 0.317 e. The van der Waals surface area contributed by atoms with Gasteiger partial charge in [0.1, 0.15) is 5.82 Å². The molecule has 1 aromatic rings. The Morgan fingerprint density at radius 1 is 1.41 bits per heavy atom. The summed E-state index contributed by atoms with van der Waals surface area (Å²) in [6.07, 6.45) is 3.15. The predicted molar refractivity (Wildman–Crippen MR) is 69.8 cm³/mol. The first-order chi connectivity index (χ1) is 8.11. The molecule has 0 aliphatic heterocycles. The molecule has 0 heterocycles. The normalized spacial score (nSPS) is 28.6. The van der Waals surface area contributed by atoms with Crippen molar-refractivity contribution in [2.45, 2.75) is 32.2 Å². The zero-order chi connectivity index (χ0) is 12.4. The van der Waals surface area contributed by atoms with Crippen LogP contribution in [0.2, 0.25) is 5.02 Å². The number of hydrogen-bond donors (Lipinski definition) is 1. The topological polar surface area (TPSA) is 12.0 Å². The van der Waals surface area contributed by atoms with E-state index in [4.69, 9.17) is 11.6 Å². The molecule has 0 radical (unpaired) electrons. The molecular formula is C14H19ClFN. The standard InChI is InChI=1S/C14H19ClFN/c1-9-10(3-6-14(9)17-2)7-11-8-12(15)4-5-13(11)16/h4-5,8-10,14,17H,3,6-7H2,1-2H3. The molecule has 1 aliphatic carbocycles. The minimum atomic E-state index is -0.130. The van der Waals surface area contributed by atoms with Gasteiger partial charge in [0.15, 0.2) is 0 Å². The molecule has 1 aliphatic rings. The van der Waals surface area contributed by atoms with Crippen molar-refractivity contribution in [3.05, 3.63) is 34.6 Å². The Hall–Kier alpha value is -0.600. The lowest BCUT2D eigenvalue weighted by Gasteiger charge is -2.20. The van der Waals surface area contributed by atoms with Crippen LogP contribution in [0.15, 0.2) is 18.2 Å². The number of nitrogens with one attached hydrogen (secondary N) is 1. The fraction of sp³-hybridized carbons (Fsp3) is 0.571. The third-order valence-electron chi connectivity index (χ3n) is 4.09. The molecule has 1 saturated carbocycles. The van der Waals surface area contributed by atoms with Gasteiger partial charge in [-0.25, -0.2) is 4.39 Å². The van der Waals surface area contributed by atoms with Crippen LogP contribution in [-0.2, 0) is 6.42 Å². The first-order valence-electron chi connectivity index (χ1n) is 6.23. The van der Waals surface area contributed by atoms with Crippen LogP contribution in [0.1, 0.15) is 25.3 Å². The van der Waals surface area contributed by atoms with E-state index in [0.717, 1.165) is 12.0 Å². The molecule has 1 N–H and O–H groups in total. The van der Waals surface area contributed by atoms with E-state index < -0.39 is 0 Å². The highest BCUT2D eigenvalue weighted by Crippen LogP contribution is 2.34. The summed E-state index contributed by atoms with van der Waals surface area (Å²) in [5.74, 6) is 1.02. The van der Waals surface area contributed by atoms with Gasteiger partial charge in [0.2, 0.25) is 0 Å². The van der Waals surface area contributed by atoms with Gasteiger partial charge in [0.25, 0.3) is 0 Å². The van der Waals surface area contributed by atoms with Crippen molar-refractivity contribution >= 4 is 11.6 Å². The molecule has 0 spiro atoms. The molecule has 0 bridgehead atoms. The molecular weight excluding hydrogens is 237 g/mol. The SMILES string of the molecule is CNC1CCC(Cc2cc(Cl)ccc2F)C1C. The van der Waals surface area contributed by atoms with E-state index in [1.54, 1.807) is 12.1 Å². The van der Waals surface area contributed by atoms with Crippen LogP contribution in [0.3, 0.4) is 0 Å². The van der Waals surface area contributed by atoms with Crippen molar-refractivity contribution in [1.82, 2.24) is 5.32 Å². The fourth-order valence-corrected chi connectivity index (χ4v) is 3.12. The van der Waals surface area contributed by atoms with E-state index in [0.29, 0.717) is 22.9 Å². The minimum Gasteiger partial charge on any atom is -0.317 e. The van der Waals surface area contributed by atoms with Crippen molar-refractivity contribution in [3.63, 3.8) is 0 Å². The van der Waals surface area contributed by atoms with Gasteiger partial charge in [-0.2, -0.15) is 0 Å². The van der Waals surface area contributed by atoms with Crippen LogP contribution >= 0.6 is 11.6 Å². The maximum Gasteiger partial charge on any atom is 0.126 e. The zero-order valence-corrected chi connectivity index (χ0v) is 11.1. The smallest absolute Gasteiger partial charge is 0.126 e. The first-order valence-corrected chi connectivity index (χ1v) is 6.60. The number of halogens is 2. The summed E-state index contributed by atoms with van der Waals surface area (Å²) in [7, 11) is 2.00. The average molecular weight is 256 g/mol. The Balaban J connectivity index is 2.09. The average Bonchev–Trinajstić information content (AvgIpc) is 2.65. The maximum atomic E-state index is 13.7. The predicted octanol–water partition coefficient (Wildman–Crippen LogP) is 3.66. The zero-order valence-electron chi connectivity index (χ0n) is 10.3. The summed E-state index contributed by atoms with van der Waals surface area (Å²) in [5.41, 5.74) is 0.756. The highest BCUT2D eigenvalue weighted by molar-refractivity contribution is 6.30. The summed E-state index contributed by atoms with van der Waals surface area (Å²) in [6.45, 7) is 2.25. The molecule has 3 heteroatoms. The summed E-state index contributed by atoms with van der Waals surface area (Å²) >= 11 is 5.92. The summed E-state index contributed by atoms with van der Waals surface area (Å²) in [5, 5.41) is 3.96. The highest BCUT2D eigenvalue weighted by atomic mass is 35.5. The molecule has 3 atom stereocenters. The monoisotopic (exact) mass is 255 g/mol. The molecule has 0 amide bonds. The van der Waals surface area contributed by atoms with Gasteiger partial charge < -0.3 is 5.32 Å². The molecule has 0 saturated heterocycles. The molecule has 2 rings (SSSR count). The highest BCUT2D eigenvalue weighted by Gasteiger charge is 2.31. The van der Waals surface area contributed by atoms with Crippen molar-refractivity contribution < 1.29 is 4.39 Å². The van der Waals surface area contributed by atoms with Gasteiger partial charge >= 0.3 is 0 Å². The van der Waals surface area contributed by atoms with Gasteiger partial charge in [-0.1, -0.05) is 18.5 Å². The molecule has 94 valence electrons. The lowest BCUT2D eigenvalue weighted by molar-refractivity contribution is 0.360. The van der Waals surface area contributed by atoms with E-state index >= 15 is 0 Å². The summed E-state index contributed by atoms with van der Waals surface area (Å²) in [4.78, 5) is 0. The molecule has 0 aromatic heterocycles. The summed E-state index contributed by atoms with van der Waals surface area (Å²) in [6, 6.07) is 5.40. The Labute approximate surface area is 107 Å². The van der Waals surface area contributed by atoms with Crippen molar-refractivity contribution in [2.75, 3.05) is 7.05 Å². The Kier molecular flexibility index (Phi) is 4.05. The molecule has 3 unspecified atom stereocenters. The van der Waals surface area contributed by atoms with Gasteiger partial charge in [0, 0.05) is 11.1 Å². The van der Waals surface area contributed by atoms with E-state index in [-0.39, 0.29) is 5.82 Å². The van der Waals surface area contributed by atoms with Gasteiger partial charge in [0.05, 0.1) is 0 Å². The minimum absolute atomic E-state index is 0.130. The lowest BCUT2D eigenvalue weighted by Crippen LogP contribution is -2.29. The third-order valence-corrected chi connectivity index (χ3v) is 4.32. The second kappa shape index (κ2) is 5.36. The van der Waals surface area contributed by atoms with E-state index in [9.17, 15) is 4.39 Å². The lowest BCUT2D eigenvalue weighted by atomic mass is 9.89. The van der Waals surface area contributed by atoms with Crippen LogP contribution in [0.5, 0.6) is 0 Å². The number of benzene rings is 1. The fourth-order valence-electron chi connectivity index (χ4n) is 2.93. The van der Waals surface area contributed by atoms with Crippen LogP contribution in [0.25, 0.3) is 0 Å². The van der Waals surface area contributed by atoms with E-state index in [2.05, 4.69) is 12.2 Å². The molecule has 1 fully saturated rings. The number of rotatable bonds is 3. The van der Waals surface area contributed by atoms with Gasteiger partial charge in [-0.05, 0) is 61.9 Å². The van der Waals surface area contributed by atoms with E-state index in [1.165, 1.54) is 18.9 Å². The second-order valence-electron chi connectivity index (χ2n) is 5.03. The van der Waals surface area contributed by atoms with Gasteiger partial charge in [-0.3, -0.25) is 0 Å². The molecule has 1 nitrogen and oxygen atoms in total. The van der Waals surface area contributed by atoms with Crippen LogP contribution < -0.4 is 5.32 Å². The number of hydrogen-bond acceptors (Lipinski definition) is 1. The Morgan fingerprint density at radius 2 is 2.18 bits per heavy atom. The Morgan fingerprint density at radius 3 is 2.82 bits per heavy atom. The molecule has 1 aromatic carbocycles. The van der Waals surface area contributed by atoms with Crippen LogP contribution in [-0.4, -0.2) is 13.1 Å². The maximum absolute atomic E-state index is 13.7. The van der Waals surface area contributed by atoms with Crippen molar-refractivity contribution in [1.29, 1.82) is 0 Å². The summed E-state index contributed by atoms with van der Waals surface area (Å²) < 4.78 is 13.7. The Bertz CT molecular complexity index is 394. The quantitative estimate of drug-likeness (QED) is 0.869. The first kappa shape index (κ1) is 12.8. The van der Waals surface area contributed by atoms with E-state index in [1.807, 2.05) is 7.05 Å². The van der Waals surface area contributed by atoms with Crippen LogP contribution in [0.4, 0.5) is 4.39 Å². The van der Waals surface area contributed by atoms with Crippen molar-refractivity contribution in [3.8, 4) is 0 Å².